The quantitative estimate of drug-likeness (QED) is 0.716. The molecule has 5 nitrogen and oxygen atoms in total. The van der Waals surface area contributed by atoms with Gasteiger partial charge in [-0.1, -0.05) is 0 Å². The van der Waals surface area contributed by atoms with Crippen molar-refractivity contribution in [3.8, 4) is 28.5 Å². The summed E-state index contributed by atoms with van der Waals surface area (Å²) in [7, 11) is 0. The molecule has 1 aromatic carbocycles. The van der Waals surface area contributed by atoms with Gasteiger partial charge >= 0.3 is 103 Å². The number of phenols is 2. The molecule has 0 fully saturated rings. The third kappa shape index (κ3) is 1.45. The maximum absolute atomic E-state index is 9.89. The molecule has 0 atom stereocenters. The summed E-state index contributed by atoms with van der Waals surface area (Å²) >= 11 is -0.0825. The molecule has 2 N–H and O–H groups in total. The van der Waals surface area contributed by atoms with Crippen molar-refractivity contribution in [3.63, 3.8) is 0 Å². The fourth-order valence-corrected chi connectivity index (χ4v) is 3.43. The fourth-order valence-electron chi connectivity index (χ4n) is 1.98. The molecule has 1 aromatic heterocycles. The van der Waals surface area contributed by atoms with Gasteiger partial charge in [-0.3, -0.25) is 0 Å². The van der Waals surface area contributed by atoms with E-state index < -0.39 is 5.60 Å². The SMILES string of the molecule is CC1(C)Oc2cc(O)cc(O)c2-c2nn[se]c21. The Morgan fingerprint density at radius 3 is 2.82 bits per heavy atom. The Kier molecular flexibility index (Phi) is 2.03. The minimum absolute atomic E-state index is 0.0263. The zero-order chi connectivity index (χ0) is 12.2. The van der Waals surface area contributed by atoms with Gasteiger partial charge in [0.15, 0.2) is 0 Å². The van der Waals surface area contributed by atoms with Crippen LogP contribution in [-0.2, 0) is 5.60 Å². The predicted molar refractivity (Wildman–Crippen MR) is 61.4 cm³/mol. The number of hydrogen-bond acceptors (Lipinski definition) is 5. The van der Waals surface area contributed by atoms with Crippen LogP contribution in [0.15, 0.2) is 12.1 Å². The van der Waals surface area contributed by atoms with Crippen LogP contribution < -0.4 is 4.74 Å². The Hall–Kier alpha value is -1.52. The van der Waals surface area contributed by atoms with Crippen LogP contribution in [0.4, 0.5) is 0 Å². The third-order valence-corrected chi connectivity index (χ3v) is 4.87. The average Bonchev–Trinajstić information content (AvgIpc) is 2.64. The normalized spacial score (nSPS) is 15.9. The van der Waals surface area contributed by atoms with Crippen LogP contribution in [-0.4, -0.2) is 34.1 Å². The van der Waals surface area contributed by atoms with Crippen molar-refractivity contribution in [2.24, 2.45) is 0 Å². The maximum atomic E-state index is 9.89. The van der Waals surface area contributed by atoms with E-state index in [1.165, 1.54) is 12.1 Å². The van der Waals surface area contributed by atoms with Crippen LogP contribution in [0.25, 0.3) is 11.3 Å². The summed E-state index contributed by atoms with van der Waals surface area (Å²) in [6, 6.07) is 2.77. The van der Waals surface area contributed by atoms with Crippen LogP contribution in [0.1, 0.15) is 18.3 Å². The van der Waals surface area contributed by atoms with Crippen molar-refractivity contribution in [1.29, 1.82) is 0 Å². The van der Waals surface area contributed by atoms with Gasteiger partial charge < -0.3 is 0 Å². The van der Waals surface area contributed by atoms with Gasteiger partial charge in [-0.25, -0.2) is 0 Å². The number of rotatable bonds is 0. The number of aromatic nitrogens is 2. The van der Waals surface area contributed by atoms with Crippen molar-refractivity contribution in [2.45, 2.75) is 19.4 Å². The topological polar surface area (TPSA) is 75.5 Å². The Morgan fingerprint density at radius 1 is 1.29 bits per heavy atom. The molecule has 0 spiro atoms. The van der Waals surface area contributed by atoms with E-state index in [1.54, 1.807) is 0 Å². The molecule has 2 heterocycles. The molecule has 0 saturated heterocycles. The zero-order valence-corrected chi connectivity index (χ0v) is 11.0. The first-order chi connectivity index (χ1) is 7.99. The number of nitrogens with zero attached hydrogens (tertiary/aromatic N) is 2. The Labute approximate surface area is 104 Å². The first-order valence-electron chi connectivity index (χ1n) is 5.07. The molecule has 0 bridgehead atoms. The van der Waals surface area contributed by atoms with Crippen LogP contribution in [0.5, 0.6) is 17.2 Å². The predicted octanol–water partition coefficient (Wildman–Crippen LogP) is 1.24. The number of aromatic hydroxyl groups is 2. The fraction of sp³-hybridized carbons (Fsp3) is 0.273. The standard InChI is InChI=1S/C11H10N2O3Se/c1-11(2)10-9(12-13-17-10)8-6(15)3-5(14)4-7(8)16-11/h3-4,14-15H,1-2H3. The number of benzene rings is 1. The summed E-state index contributed by atoms with van der Waals surface area (Å²) in [5, 5.41) is 23.5. The Bertz CT molecular complexity index is 607. The van der Waals surface area contributed by atoms with Gasteiger partial charge in [0.2, 0.25) is 0 Å². The molecule has 0 aliphatic carbocycles. The molecule has 6 heteroatoms. The Balaban J connectivity index is 2.35. The molecular formula is C11H10N2O3Se. The van der Waals surface area contributed by atoms with Crippen molar-refractivity contribution >= 4 is 14.7 Å². The van der Waals surface area contributed by atoms with Crippen LogP contribution in [0.2, 0.25) is 0 Å². The van der Waals surface area contributed by atoms with Crippen LogP contribution >= 0.6 is 0 Å². The second-order valence-corrected chi connectivity index (χ2v) is 5.98. The second-order valence-electron chi connectivity index (χ2n) is 4.40. The summed E-state index contributed by atoms with van der Waals surface area (Å²) in [5.41, 5.74) is 0.723. The monoisotopic (exact) mass is 298 g/mol. The van der Waals surface area contributed by atoms with Crippen molar-refractivity contribution in [1.82, 2.24) is 9.19 Å². The van der Waals surface area contributed by atoms with Gasteiger partial charge in [-0.2, -0.15) is 0 Å². The van der Waals surface area contributed by atoms with Gasteiger partial charge in [-0.05, 0) is 0 Å². The molecule has 1 aliphatic rings. The van der Waals surface area contributed by atoms with E-state index in [9.17, 15) is 10.2 Å². The van der Waals surface area contributed by atoms with Gasteiger partial charge in [0.1, 0.15) is 0 Å². The molecule has 17 heavy (non-hydrogen) atoms. The van der Waals surface area contributed by atoms with Crippen molar-refractivity contribution in [2.75, 3.05) is 0 Å². The van der Waals surface area contributed by atoms with Gasteiger partial charge in [-0.15, -0.1) is 0 Å². The first kappa shape index (κ1) is 10.6. The van der Waals surface area contributed by atoms with E-state index in [0.29, 0.717) is 17.0 Å². The van der Waals surface area contributed by atoms with Gasteiger partial charge in [0.05, 0.1) is 0 Å². The zero-order valence-electron chi connectivity index (χ0n) is 9.26. The van der Waals surface area contributed by atoms with E-state index >= 15 is 0 Å². The molecule has 0 saturated carbocycles. The number of phenolic OH excluding ortho intramolecular Hbond substituents is 2. The number of hydrogen-bond donors (Lipinski definition) is 2. The third-order valence-electron chi connectivity index (χ3n) is 2.70. The molecule has 88 valence electrons. The molecule has 0 radical (unpaired) electrons. The minimum atomic E-state index is -0.494. The molecule has 0 amide bonds. The van der Waals surface area contributed by atoms with Crippen molar-refractivity contribution < 1.29 is 14.9 Å². The summed E-state index contributed by atoms with van der Waals surface area (Å²) in [6.45, 7) is 3.87. The number of ether oxygens (including phenoxy) is 1. The van der Waals surface area contributed by atoms with E-state index in [-0.39, 0.29) is 26.2 Å². The second kappa shape index (κ2) is 3.24. The molecular weight excluding hydrogens is 287 g/mol. The van der Waals surface area contributed by atoms with E-state index in [0.717, 1.165) is 4.44 Å². The molecule has 3 rings (SSSR count). The van der Waals surface area contributed by atoms with E-state index in [2.05, 4.69) is 9.19 Å². The molecule has 1 aliphatic heterocycles. The van der Waals surface area contributed by atoms with Crippen LogP contribution in [0.3, 0.4) is 0 Å². The molecule has 0 unspecified atom stereocenters. The van der Waals surface area contributed by atoms with Gasteiger partial charge in [0.25, 0.3) is 0 Å². The summed E-state index contributed by atoms with van der Waals surface area (Å²) in [4.78, 5) is 0. The Morgan fingerprint density at radius 2 is 2.06 bits per heavy atom. The van der Waals surface area contributed by atoms with E-state index in [1.807, 2.05) is 13.8 Å². The summed E-state index contributed by atoms with van der Waals surface area (Å²) in [6.07, 6.45) is 0. The molecule has 2 aromatic rings. The number of fused-ring (bicyclic) bond motifs is 3. The average molecular weight is 297 g/mol. The van der Waals surface area contributed by atoms with E-state index in [4.69, 9.17) is 4.74 Å². The summed E-state index contributed by atoms with van der Waals surface area (Å²) < 4.78 is 10.9. The van der Waals surface area contributed by atoms with Crippen LogP contribution in [0, 0.1) is 0 Å². The summed E-state index contributed by atoms with van der Waals surface area (Å²) in [5.74, 6) is 0.393. The van der Waals surface area contributed by atoms with Crippen molar-refractivity contribution in [3.05, 3.63) is 16.6 Å². The first-order valence-corrected chi connectivity index (χ1v) is 6.69. The van der Waals surface area contributed by atoms with Gasteiger partial charge in [0, 0.05) is 0 Å².